The Morgan fingerprint density at radius 3 is 2.58 bits per heavy atom. The van der Waals surface area contributed by atoms with Crippen LogP contribution in [0.5, 0.6) is 0 Å². The highest BCUT2D eigenvalue weighted by molar-refractivity contribution is 7.09. The lowest BCUT2D eigenvalue weighted by atomic mass is 9.98. The Morgan fingerprint density at radius 2 is 2.00 bits per heavy atom. The third kappa shape index (κ3) is 3.67. The smallest absolute Gasteiger partial charge is 0.129 e. The number of aryl methyl sites for hydroxylation is 1. The molecule has 0 amide bonds. The fourth-order valence-electron chi connectivity index (χ4n) is 1.64. The molecule has 0 radical (unpaired) electrons. The Bertz CT molecular complexity index is 572. The van der Waals surface area contributed by atoms with E-state index in [2.05, 4.69) is 41.4 Å². The molecule has 19 heavy (non-hydrogen) atoms. The Balaban J connectivity index is 2.04. The minimum atomic E-state index is 0.112. The second-order valence-corrected chi connectivity index (χ2v) is 6.76. The summed E-state index contributed by atoms with van der Waals surface area (Å²) in [4.78, 5) is 8.87. The van der Waals surface area contributed by atoms with Crippen molar-refractivity contribution < 1.29 is 0 Å². The van der Waals surface area contributed by atoms with Gasteiger partial charge in [-0.1, -0.05) is 32.4 Å². The van der Waals surface area contributed by atoms with Crippen LogP contribution < -0.4 is 5.32 Å². The molecule has 0 aromatic carbocycles. The zero-order valence-corrected chi connectivity index (χ0v) is 13.2. The third-order valence-electron chi connectivity index (χ3n) is 2.71. The fourth-order valence-corrected chi connectivity index (χ4v) is 2.73. The Kier molecular flexibility index (Phi) is 4.11. The molecule has 5 heteroatoms. The zero-order valence-electron chi connectivity index (χ0n) is 11.6. The summed E-state index contributed by atoms with van der Waals surface area (Å²) in [6.07, 6.45) is 0. The van der Waals surface area contributed by atoms with Crippen LogP contribution in [0.1, 0.15) is 37.2 Å². The van der Waals surface area contributed by atoms with Gasteiger partial charge in [-0.05, 0) is 19.1 Å². The molecule has 0 aliphatic carbocycles. The van der Waals surface area contributed by atoms with E-state index in [1.807, 2.05) is 13.0 Å². The van der Waals surface area contributed by atoms with Crippen LogP contribution in [0.25, 0.3) is 0 Å². The summed E-state index contributed by atoms with van der Waals surface area (Å²) < 4.78 is 0. The summed E-state index contributed by atoms with van der Waals surface area (Å²) in [5.41, 5.74) is 3.07. The molecule has 0 bridgehead atoms. The lowest BCUT2D eigenvalue weighted by Gasteiger charge is -2.13. The van der Waals surface area contributed by atoms with Gasteiger partial charge in [0.25, 0.3) is 0 Å². The number of aromatic nitrogens is 2. The highest BCUT2D eigenvalue weighted by Crippen LogP contribution is 2.26. The quantitative estimate of drug-likeness (QED) is 0.852. The third-order valence-corrected chi connectivity index (χ3v) is 4.23. The lowest BCUT2D eigenvalue weighted by molar-refractivity contribution is 0.583. The Hall–Kier alpha value is -1.13. The molecule has 0 spiro atoms. The number of thiazole rings is 1. The Morgan fingerprint density at radius 1 is 1.26 bits per heavy atom. The molecule has 0 saturated carbocycles. The van der Waals surface area contributed by atoms with E-state index in [0.717, 1.165) is 22.1 Å². The molecule has 0 saturated heterocycles. The van der Waals surface area contributed by atoms with Gasteiger partial charge in [0.2, 0.25) is 0 Å². The fraction of sp³-hybridized carbons (Fsp3) is 0.429. The standard InChI is InChI=1S/C14H18ClN3S/c1-9-11(5-6-12(15)17-9)16-7-10-8-19-13(18-10)14(2,3)4/h5-6,8,16H,7H2,1-4H3. The maximum atomic E-state index is 5.84. The molecule has 0 atom stereocenters. The second kappa shape index (κ2) is 5.47. The first-order valence-electron chi connectivity index (χ1n) is 6.18. The summed E-state index contributed by atoms with van der Waals surface area (Å²) in [5, 5.41) is 7.13. The van der Waals surface area contributed by atoms with Crippen LogP contribution >= 0.6 is 22.9 Å². The first-order valence-corrected chi connectivity index (χ1v) is 7.44. The molecule has 2 aromatic rings. The van der Waals surface area contributed by atoms with Crippen molar-refractivity contribution in [2.45, 2.75) is 39.7 Å². The number of nitrogens with one attached hydrogen (secondary N) is 1. The van der Waals surface area contributed by atoms with Crippen LogP contribution in [0.3, 0.4) is 0 Å². The molecule has 1 N–H and O–H groups in total. The zero-order chi connectivity index (χ0) is 14.0. The number of anilines is 1. The molecule has 2 rings (SSSR count). The summed E-state index contributed by atoms with van der Waals surface area (Å²) >= 11 is 7.55. The number of hydrogen-bond donors (Lipinski definition) is 1. The topological polar surface area (TPSA) is 37.8 Å². The van der Waals surface area contributed by atoms with Crippen molar-refractivity contribution in [2.24, 2.45) is 0 Å². The van der Waals surface area contributed by atoms with Gasteiger partial charge >= 0.3 is 0 Å². The summed E-state index contributed by atoms with van der Waals surface area (Å²) in [6, 6.07) is 3.74. The highest BCUT2D eigenvalue weighted by atomic mass is 35.5. The van der Waals surface area contributed by atoms with Gasteiger partial charge in [-0.3, -0.25) is 0 Å². The van der Waals surface area contributed by atoms with Crippen LogP contribution in [0.4, 0.5) is 5.69 Å². The van der Waals surface area contributed by atoms with Gasteiger partial charge < -0.3 is 5.32 Å². The predicted octanol–water partition coefficient (Wildman–Crippen LogP) is 4.41. The van der Waals surface area contributed by atoms with Crippen molar-refractivity contribution >= 4 is 28.6 Å². The van der Waals surface area contributed by atoms with E-state index in [9.17, 15) is 0 Å². The molecular weight excluding hydrogens is 278 g/mol. The van der Waals surface area contributed by atoms with Gasteiger partial charge in [-0.25, -0.2) is 9.97 Å². The van der Waals surface area contributed by atoms with E-state index < -0.39 is 0 Å². The molecule has 0 aliphatic rings. The largest absolute Gasteiger partial charge is 0.378 e. The van der Waals surface area contributed by atoms with E-state index >= 15 is 0 Å². The highest BCUT2D eigenvalue weighted by Gasteiger charge is 2.17. The maximum absolute atomic E-state index is 5.84. The SMILES string of the molecule is Cc1nc(Cl)ccc1NCc1csc(C(C)(C)C)n1. The van der Waals surface area contributed by atoms with Crippen molar-refractivity contribution in [1.29, 1.82) is 0 Å². The summed E-state index contributed by atoms with van der Waals surface area (Å²) in [7, 11) is 0. The van der Waals surface area contributed by atoms with Crippen molar-refractivity contribution in [3.63, 3.8) is 0 Å². The van der Waals surface area contributed by atoms with Crippen molar-refractivity contribution in [3.05, 3.63) is 39.1 Å². The lowest BCUT2D eigenvalue weighted by Crippen LogP contribution is -2.11. The van der Waals surface area contributed by atoms with Crippen LogP contribution in [-0.4, -0.2) is 9.97 Å². The first kappa shape index (κ1) is 14.3. The molecule has 3 nitrogen and oxygen atoms in total. The van der Waals surface area contributed by atoms with Gasteiger partial charge in [0.15, 0.2) is 0 Å². The average molecular weight is 296 g/mol. The minimum absolute atomic E-state index is 0.112. The van der Waals surface area contributed by atoms with E-state index in [1.165, 1.54) is 0 Å². The Labute approximate surface area is 123 Å². The van der Waals surface area contributed by atoms with Gasteiger partial charge in [-0.15, -0.1) is 11.3 Å². The number of nitrogens with zero attached hydrogens (tertiary/aromatic N) is 2. The van der Waals surface area contributed by atoms with Crippen molar-refractivity contribution in [2.75, 3.05) is 5.32 Å². The van der Waals surface area contributed by atoms with Gasteiger partial charge in [-0.2, -0.15) is 0 Å². The number of hydrogen-bond acceptors (Lipinski definition) is 4. The van der Waals surface area contributed by atoms with Crippen LogP contribution in [0.15, 0.2) is 17.5 Å². The van der Waals surface area contributed by atoms with E-state index in [1.54, 1.807) is 17.4 Å². The number of halogens is 1. The monoisotopic (exact) mass is 295 g/mol. The second-order valence-electron chi connectivity index (χ2n) is 5.51. The molecular formula is C14H18ClN3S. The van der Waals surface area contributed by atoms with Crippen molar-refractivity contribution in [1.82, 2.24) is 9.97 Å². The molecule has 2 heterocycles. The molecule has 102 valence electrons. The van der Waals surface area contributed by atoms with Gasteiger partial charge in [0, 0.05) is 10.8 Å². The van der Waals surface area contributed by atoms with E-state index in [4.69, 9.17) is 11.6 Å². The normalized spacial score (nSPS) is 11.6. The minimum Gasteiger partial charge on any atom is -0.378 e. The molecule has 0 unspecified atom stereocenters. The molecule has 2 aromatic heterocycles. The molecule has 0 fully saturated rings. The van der Waals surface area contributed by atoms with E-state index in [-0.39, 0.29) is 5.41 Å². The van der Waals surface area contributed by atoms with Crippen LogP contribution in [-0.2, 0) is 12.0 Å². The predicted molar refractivity (Wildman–Crippen MR) is 82.1 cm³/mol. The van der Waals surface area contributed by atoms with Crippen LogP contribution in [0.2, 0.25) is 5.15 Å². The van der Waals surface area contributed by atoms with E-state index in [0.29, 0.717) is 11.7 Å². The van der Waals surface area contributed by atoms with Gasteiger partial charge in [0.05, 0.1) is 28.6 Å². The number of pyridine rings is 1. The average Bonchev–Trinajstić information content (AvgIpc) is 2.76. The summed E-state index contributed by atoms with van der Waals surface area (Å²) in [6.45, 7) is 9.18. The maximum Gasteiger partial charge on any atom is 0.129 e. The van der Waals surface area contributed by atoms with Crippen molar-refractivity contribution in [3.8, 4) is 0 Å². The van der Waals surface area contributed by atoms with Crippen LogP contribution in [0, 0.1) is 6.92 Å². The first-order chi connectivity index (χ1) is 8.86. The summed E-state index contributed by atoms with van der Waals surface area (Å²) in [5.74, 6) is 0. The number of rotatable bonds is 3. The van der Waals surface area contributed by atoms with Gasteiger partial charge in [0.1, 0.15) is 5.15 Å². The molecule has 0 aliphatic heterocycles.